The van der Waals surface area contributed by atoms with Crippen LogP contribution in [0.3, 0.4) is 0 Å². The van der Waals surface area contributed by atoms with Gasteiger partial charge in [0.1, 0.15) is 11.6 Å². The van der Waals surface area contributed by atoms with E-state index in [1.165, 1.54) is 43.5 Å². The molecule has 3 nitrogen and oxygen atoms in total. The molecular weight excluding hydrogens is 252 g/mol. The second-order valence-corrected chi connectivity index (χ2v) is 3.76. The van der Waals surface area contributed by atoms with E-state index in [1.807, 2.05) is 0 Å². The minimum atomic E-state index is -0.696. The summed E-state index contributed by atoms with van der Waals surface area (Å²) < 4.78 is 31.9. The summed E-state index contributed by atoms with van der Waals surface area (Å²) in [4.78, 5) is 11.5. The monoisotopic (exact) mass is 263 g/mol. The van der Waals surface area contributed by atoms with Gasteiger partial charge in [-0.1, -0.05) is 18.2 Å². The Balaban J connectivity index is 2.45. The summed E-state index contributed by atoms with van der Waals surface area (Å²) in [6.45, 7) is 0. The number of methoxy groups -OCH3 is 1. The van der Waals surface area contributed by atoms with E-state index in [0.29, 0.717) is 0 Å². The highest BCUT2D eigenvalue weighted by Gasteiger charge is 2.16. The van der Waals surface area contributed by atoms with Crippen LogP contribution in [0.4, 0.5) is 20.2 Å². The van der Waals surface area contributed by atoms with Gasteiger partial charge < -0.3 is 10.1 Å². The molecule has 0 aliphatic carbocycles. The van der Waals surface area contributed by atoms with Gasteiger partial charge in [-0.2, -0.15) is 0 Å². The maximum Gasteiger partial charge on any atom is 0.340 e. The first-order valence-electron chi connectivity index (χ1n) is 5.52. The molecule has 0 spiro atoms. The maximum atomic E-state index is 13.8. The van der Waals surface area contributed by atoms with E-state index in [-0.39, 0.29) is 16.9 Å². The van der Waals surface area contributed by atoms with Gasteiger partial charge in [0.05, 0.1) is 24.0 Å². The lowest BCUT2D eigenvalue weighted by molar-refractivity contribution is 0.0601. The zero-order chi connectivity index (χ0) is 13.8. The fourth-order valence-electron chi connectivity index (χ4n) is 1.63. The molecule has 0 unspecified atom stereocenters. The topological polar surface area (TPSA) is 38.3 Å². The Kier molecular flexibility index (Phi) is 3.75. The van der Waals surface area contributed by atoms with Crippen molar-refractivity contribution in [1.29, 1.82) is 0 Å². The Labute approximate surface area is 108 Å². The normalized spacial score (nSPS) is 10.1. The molecule has 0 saturated heterocycles. The molecule has 0 fully saturated rings. The lowest BCUT2D eigenvalue weighted by Crippen LogP contribution is -2.07. The van der Waals surface area contributed by atoms with Crippen molar-refractivity contribution >= 4 is 17.3 Å². The van der Waals surface area contributed by atoms with Gasteiger partial charge in [-0.25, -0.2) is 13.6 Å². The Morgan fingerprint density at radius 2 is 1.74 bits per heavy atom. The highest BCUT2D eigenvalue weighted by atomic mass is 19.1. The molecule has 0 radical (unpaired) electrons. The Bertz CT molecular complexity index is 614. The summed E-state index contributed by atoms with van der Waals surface area (Å²) >= 11 is 0. The number of hydrogen-bond donors (Lipinski definition) is 1. The molecule has 0 aliphatic heterocycles. The number of carbonyl (C=O) groups excluding carboxylic acids is 1. The van der Waals surface area contributed by atoms with E-state index >= 15 is 0 Å². The van der Waals surface area contributed by atoms with Gasteiger partial charge in [-0.15, -0.1) is 0 Å². The van der Waals surface area contributed by atoms with Gasteiger partial charge in [0.2, 0.25) is 0 Å². The summed E-state index contributed by atoms with van der Waals surface area (Å²) in [7, 11) is 1.19. The number of carbonyl (C=O) groups is 1. The van der Waals surface area contributed by atoms with Gasteiger partial charge >= 0.3 is 5.97 Å². The number of anilines is 2. The molecule has 5 heteroatoms. The van der Waals surface area contributed by atoms with Crippen molar-refractivity contribution in [2.24, 2.45) is 0 Å². The first-order chi connectivity index (χ1) is 9.13. The molecule has 2 rings (SSSR count). The second kappa shape index (κ2) is 5.48. The molecule has 0 amide bonds. The van der Waals surface area contributed by atoms with Crippen LogP contribution in [0.25, 0.3) is 0 Å². The van der Waals surface area contributed by atoms with E-state index in [9.17, 15) is 13.6 Å². The third kappa shape index (κ3) is 2.70. The number of para-hydroxylation sites is 2. The molecule has 98 valence electrons. The van der Waals surface area contributed by atoms with E-state index in [1.54, 1.807) is 6.07 Å². The van der Waals surface area contributed by atoms with Crippen LogP contribution in [0.1, 0.15) is 10.4 Å². The average Bonchev–Trinajstić information content (AvgIpc) is 2.42. The highest BCUT2D eigenvalue weighted by molar-refractivity contribution is 5.96. The molecule has 0 bridgehead atoms. The van der Waals surface area contributed by atoms with Crippen molar-refractivity contribution in [3.63, 3.8) is 0 Å². The molecule has 2 aromatic rings. The number of hydrogen-bond acceptors (Lipinski definition) is 3. The largest absolute Gasteiger partial charge is 0.465 e. The van der Waals surface area contributed by atoms with Crippen LogP contribution in [0.15, 0.2) is 42.5 Å². The van der Waals surface area contributed by atoms with E-state index in [4.69, 9.17) is 0 Å². The second-order valence-electron chi connectivity index (χ2n) is 3.76. The summed E-state index contributed by atoms with van der Waals surface area (Å²) in [6, 6.07) is 9.76. The van der Waals surface area contributed by atoms with Crippen molar-refractivity contribution in [2.75, 3.05) is 12.4 Å². The number of halogens is 2. The predicted octanol–water partition coefficient (Wildman–Crippen LogP) is 3.50. The molecule has 0 aliphatic rings. The smallest absolute Gasteiger partial charge is 0.340 e. The summed E-state index contributed by atoms with van der Waals surface area (Å²) in [5.41, 5.74) is -0.0250. The highest BCUT2D eigenvalue weighted by Crippen LogP contribution is 2.26. The van der Waals surface area contributed by atoms with E-state index < -0.39 is 17.6 Å². The average molecular weight is 263 g/mol. The fraction of sp³-hybridized carbons (Fsp3) is 0.0714. The molecule has 19 heavy (non-hydrogen) atoms. The SMILES string of the molecule is COC(=O)c1cccc(F)c1Nc1ccccc1F. The van der Waals surface area contributed by atoms with Crippen molar-refractivity contribution in [3.8, 4) is 0 Å². The fourth-order valence-corrected chi connectivity index (χ4v) is 1.63. The molecule has 1 N–H and O–H groups in total. The van der Waals surface area contributed by atoms with Gasteiger partial charge in [0.25, 0.3) is 0 Å². The lowest BCUT2D eigenvalue weighted by atomic mass is 10.1. The zero-order valence-corrected chi connectivity index (χ0v) is 10.1. The lowest BCUT2D eigenvalue weighted by Gasteiger charge is -2.12. The van der Waals surface area contributed by atoms with Crippen LogP contribution in [0.2, 0.25) is 0 Å². The third-order valence-corrected chi connectivity index (χ3v) is 2.55. The molecule has 0 aromatic heterocycles. The van der Waals surface area contributed by atoms with Crippen LogP contribution < -0.4 is 5.32 Å². The molecule has 2 aromatic carbocycles. The van der Waals surface area contributed by atoms with Gasteiger partial charge in [0, 0.05) is 0 Å². The number of benzene rings is 2. The number of rotatable bonds is 3. The minimum Gasteiger partial charge on any atom is -0.465 e. The van der Waals surface area contributed by atoms with Crippen LogP contribution in [-0.4, -0.2) is 13.1 Å². The zero-order valence-electron chi connectivity index (χ0n) is 10.1. The maximum absolute atomic E-state index is 13.8. The van der Waals surface area contributed by atoms with Crippen LogP contribution >= 0.6 is 0 Å². The predicted molar refractivity (Wildman–Crippen MR) is 67.4 cm³/mol. The Hall–Kier alpha value is -2.43. The van der Waals surface area contributed by atoms with Crippen molar-refractivity contribution in [1.82, 2.24) is 0 Å². The quantitative estimate of drug-likeness (QED) is 0.861. The van der Waals surface area contributed by atoms with Crippen LogP contribution in [0, 0.1) is 11.6 Å². The summed E-state index contributed by atoms with van der Waals surface area (Å²) in [5.74, 6) is -1.90. The third-order valence-electron chi connectivity index (χ3n) is 2.55. The van der Waals surface area contributed by atoms with Gasteiger partial charge in [0.15, 0.2) is 0 Å². The molecular formula is C14H11F2NO2. The first kappa shape index (κ1) is 13.0. The molecule has 0 atom stereocenters. The Morgan fingerprint density at radius 1 is 1.05 bits per heavy atom. The molecule has 0 heterocycles. The van der Waals surface area contributed by atoms with E-state index in [2.05, 4.69) is 10.1 Å². The number of nitrogens with one attached hydrogen (secondary N) is 1. The van der Waals surface area contributed by atoms with Gasteiger partial charge in [-0.3, -0.25) is 0 Å². The van der Waals surface area contributed by atoms with Crippen LogP contribution in [0.5, 0.6) is 0 Å². The van der Waals surface area contributed by atoms with Crippen molar-refractivity contribution in [3.05, 3.63) is 59.7 Å². The first-order valence-corrected chi connectivity index (χ1v) is 5.52. The van der Waals surface area contributed by atoms with Crippen molar-refractivity contribution < 1.29 is 18.3 Å². The number of esters is 1. The minimum absolute atomic E-state index is 0.00533. The number of ether oxygens (including phenoxy) is 1. The standard InChI is InChI=1S/C14H11F2NO2/c1-19-14(18)9-5-4-7-11(16)13(9)17-12-8-3-2-6-10(12)15/h2-8,17H,1H3. The van der Waals surface area contributed by atoms with Gasteiger partial charge in [-0.05, 0) is 24.3 Å². The summed E-state index contributed by atoms with van der Waals surface area (Å²) in [6.07, 6.45) is 0. The Morgan fingerprint density at radius 3 is 2.42 bits per heavy atom. The molecule has 0 saturated carbocycles. The van der Waals surface area contributed by atoms with Crippen molar-refractivity contribution in [2.45, 2.75) is 0 Å². The van der Waals surface area contributed by atoms with E-state index in [0.717, 1.165) is 0 Å². The van der Waals surface area contributed by atoms with Crippen LogP contribution in [-0.2, 0) is 4.74 Å². The summed E-state index contributed by atoms with van der Waals surface area (Å²) in [5, 5.41) is 2.57.